The van der Waals surface area contributed by atoms with Crippen molar-refractivity contribution in [1.82, 2.24) is 10.4 Å². The van der Waals surface area contributed by atoms with Crippen LogP contribution in [0.4, 0.5) is 0 Å². The molecule has 5 nitrogen and oxygen atoms in total. The zero-order chi connectivity index (χ0) is 10.3. The van der Waals surface area contributed by atoms with Crippen molar-refractivity contribution in [3.8, 4) is 0 Å². The van der Waals surface area contributed by atoms with Gasteiger partial charge in [0.2, 0.25) is 0 Å². The monoisotopic (exact) mass is 210 g/mol. The SMILES string of the molecule is CNCCCNP(=O)(O)OC(C)C. The van der Waals surface area contributed by atoms with Crippen LogP contribution in [-0.4, -0.2) is 31.1 Å². The Kier molecular flexibility index (Phi) is 6.55. The Morgan fingerprint density at radius 2 is 2.08 bits per heavy atom. The summed E-state index contributed by atoms with van der Waals surface area (Å²) in [6.07, 6.45) is 0.551. The Morgan fingerprint density at radius 3 is 2.54 bits per heavy atom. The van der Waals surface area contributed by atoms with E-state index in [0.717, 1.165) is 13.0 Å². The molecule has 0 spiro atoms. The second-order valence-corrected chi connectivity index (χ2v) is 4.61. The lowest BCUT2D eigenvalue weighted by Gasteiger charge is -2.15. The molecule has 0 radical (unpaired) electrons. The first kappa shape index (κ1) is 13.1. The summed E-state index contributed by atoms with van der Waals surface area (Å²) in [5, 5.41) is 5.42. The highest BCUT2D eigenvalue weighted by Crippen LogP contribution is 2.37. The van der Waals surface area contributed by atoms with Crippen molar-refractivity contribution in [2.24, 2.45) is 0 Å². The van der Waals surface area contributed by atoms with Gasteiger partial charge < -0.3 is 10.2 Å². The summed E-state index contributed by atoms with van der Waals surface area (Å²) < 4.78 is 16.0. The van der Waals surface area contributed by atoms with Gasteiger partial charge in [-0.2, -0.15) is 0 Å². The average molecular weight is 210 g/mol. The lowest BCUT2D eigenvalue weighted by molar-refractivity contribution is 0.197. The Hall–Kier alpha value is 0.0700. The molecule has 80 valence electrons. The van der Waals surface area contributed by atoms with E-state index in [1.54, 1.807) is 13.8 Å². The van der Waals surface area contributed by atoms with Gasteiger partial charge in [-0.1, -0.05) is 0 Å². The summed E-state index contributed by atoms with van der Waals surface area (Å²) in [5.41, 5.74) is 0. The molecule has 3 N–H and O–H groups in total. The zero-order valence-corrected chi connectivity index (χ0v) is 9.30. The van der Waals surface area contributed by atoms with Gasteiger partial charge in [0.1, 0.15) is 0 Å². The lowest BCUT2D eigenvalue weighted by Crippen LogP contribution is -2.19. The minimum absolute atomic E-state index is 0.243. The van der Waals surface area contributed by atoms with Gasteiger partial charge in [0.15, 0.2) is 0 Å². The molecule has 0 saturated heterocycles. The minimum Gasteiger partial charge on any atom is -0.320 e. The van der Waals surface area contributed by atoms with Gasteiger partial charge in [-0.25, -0.2) is 9.65 Å². The molecule has 0 aromatic rings. The molecule has 0 aliphatic heterocycles. The van der Waals surface area contributed by atoms with Crippen molar-refractivity contribution in [2.75, 3.05) is 20.1 Å². The van der Waals surface area contributed by atoms with Crippen molar-refractivity contribution < 1.29 is 14.0 Å². The highest BCUT2D eigenvalue weighted by molar-refractivity contribution is 7.50. The highest BCUT2D eigenvalue weighted by Gasteiger charge is 2.19. The predicted molar refractivity (Wildman–Crippen MR) is 52.6 cm³/mol. The Balaban J connectivity index is 3.57. The van der Waals surface area contributed by atoms with Gasteiger partial charge in [-0.3, -0.25) is 4.52 Å². The third-order valence-corrected chi connectivity index (χ3v) is 2.60. The van der Waals surface area contributed by atoms with Gasteiger partial charge in [-0.15, -0.1) is 0 Å². The van der Waals surface area contributed by atoms with E-state index in [1.165, 1.54) is 0 Å². The van der Waals surface area contributed by atoms with E-state index in [4.69, 9.17) is 4.52 Å². The van der Waals surface area contributed by atoms with Crippen LogP contribution in [0.2, 0.25) is 0 Å². The highest BCUT2D eigenvalue weighted by atomic mass is 31.2. The van der Waals surface area contributed by atoms with Crippen LogP contribution in [0, 0.1) is 0 Å². The maximum Gasteiger partial charge on any atom is 0.403 e. The molecule has 0 aromatic heterocycles. The van der Waals surface area contributed by atoms with Crippen molar-refractivity contribution >= 4 is 7.75 Å². The minimum atomic E-state index is -3.57. The molecule has 0 aliphatic carbocycles. The maximum atomic E-state index is 11.2. The van der Waals surface area contributed by atoms with Gasteiger partial charge in [0, 0.05) is 6.54 Å². The number of rotatable bonds is 7. The molecule has 0 bridgehead atoms. The second-order valence-electron chi connectivity index (χ2n) is 3.04. The molecule has 0 aliphatic rings. The summed E-state index contributed by atoms with van der Waals surface area (Å²) in [4.78, 5) is 9.19. The van der Waals surface area contributed by atoms with Crippen LogP contribution in [0.1, 0.15) is 20.3 Å². The first-order chi connectivity index (χ1) is 5.98. The summed E-state index contributed by atoms with van der Waals surface area (Å²) in [5.74, 6) is 0. The van der Waals surface area contributed by atoms with E-state index in [-0.39, 0.29) is 6.10 Å². The number of nitrogens with one attached hydrogen (secondary N) is 2. The van der Waals surface area contributed by atoms with Crippen LogP contribution in [0.25, 0.3) is 0 Å². The molecule has 0 aromatic carbocycles. The first-order valence-electron chi connectivity index (χ1n) is 4.39. The zero-order valence-electron chi connectivity index (χ0n) is 8.41. The van der Waals surface area contributed by atoms with Crippen LogP contribution in [0.15, 0.2) is 0 Å². The normalized spacial score (nSPS) is 16.1. The summed E-state index contributed by atoms with van der Waals surface area (Å²) in [7, 11) is -1.73. The summed E-state index contributed by atoms with van der Waals surface area (Å²) in [6, 6.07) is 0. The van der Waals surface area contributed by atoms with Crippen LogP contribution in [-0.2, 0) is 9.09 Å². The topological polar surface area (TPSA) is 70.6 Å². The van der Waals surface area contributed by atoms with Crippen LogP contribution in [0.3, 0.4) is 0 Å². The average Bonchev–Trinajstić information content (AvgIpc) is 1.95. The van der Waals surface area contributed by atoms with Crippen molar-refractivity contribution in [3.63, 3.8) is 0 Å². The van der Waals surface area contributed by atoms with Crippen molar-refractivity contribution in [1.29, 1.82) is 0 Å². The molecule has 0 heterocycles. The van der Waals surface area contributed by atoms with Crippen molar-refractivity contribution in [2.45, 2.75) is 26.4 Å². The largest absolute Gasteiger partial charge is 0.403 e. The molecule has 0 rings (SSSR count). The first-order valence-corrected chi connectivity index (χ1v) is 5.96. The Morgan fingerprint density at radius 1 is 1.46 bits per heavy atom. The smallest absolute Gasteiger partial charge is 0.320 e. The second kappa shape index (κ2) is 6.51. The number of hydrogen-bond donors (Lipinski definition) is 3. The van der Waals surface area contributed by atoms with E-state index in [9.17, 15) is 9.46 Å². The fourth-order valence-corrected chi connectivity index (χ4v) is 1.90. The summed E-state index contributed by atoms with van der Waals surface area (Å²) >= 11 is 0. The van der Waals surface area contributed by atoms with Gasteiger partial charge in [0.05, 0.1) is 6.10 Å². The van der Waals surface area contributed by atoms with Crippen LogP contribution in [0.5, 0.6) is 0 Å². The third kappa shape index (κ3) is 8.40. The summed E-state index contributed by atoms with van der Waals surface area (Å²) in [6.45, 7) is 4.73. The Labute approximate surface area is 79.5 Å². The lowest BCUT2D eigenvalue weighted by atomic mass is 10.4. The van der Waals surface area contributed by atoms with E-state index in [0.29, 0.717) is 6.54 Å². The predicted octanol–water partition coefficient (Wildman–Crippen LogP) is 0.711. The fourth-order valence-electron chi connectivity index (χ4n) is 0.809. The molecule has 1 unspecified atom stereocenters. The van der Waals surface area contributed by atoms with Crippen LogP contribution < -0.4 is 10.4 Å². The molecule has 0 saturated carbocycles. The molecule has 13 heavy (non-hydrogen) atoms. The molecular weight excluding hydrogens is 191 g/mol. The Bertz CT molecular complexity index is 175. The molecule has 0 amide bonds. The molecule has 1 atom stereocenters. The van der Waals surface area contributed by atoms with E-state index in [1.807, 2.05) is 7.05 Å². The van der Waals surface area contributed by atoms with E-state index >= 15 is 0 Å². The van der Waals surface area contributed by atoms with E-state index < -0.39 is 7.75 Å². The molecular formula is C7H19N2O3P. The van der Waals surface area contributed by atoms with Gasteiger partial charge >= 0.3 is 7.75 Å². The quantitative estimate of drug-likeness (QED) is 0.426. The molecule has 0 fully saturated rings. The molecule has 6 heteroatoms. The third-order valence-electron chi connectivity index (χ3n) is 1.27. The van der Waals surface area contributed by atoms with Gasteiger partial charge in [-0.05, 0) is 33.9 Å². The maximum absolute atomic E-state index is 11.2. The number of hydrogen-bond acceptors (Lipinski definition) is 3. The van der Waals surface area contributed by atoms with Crippen molar-refractivity contribution in [3.05, 3.63) is 0 Å². The van der Waals surface area contributed by atoms with Crippen LogP contribution >= 0.6 is 7.75 Å². The van der Waals surface area contributed by atoms with E-state index in [2.05, 4.69) is 10.4 Å². The fraction of sp³-hybridized carbons (Fsp3) is 1.00. The van der Waals surface area contributed by atoms with Gasteiger partial charge in [0.25, 0.3) is 0 Å². The standard InChI is InChI=1S/C7H19N2O3P/c1-7(2)12-13(10,11)9-6-4-5-8-3/h7-8H,4-6H2,1-3H3,(H2,9,10,11).